The molecule has 1 aromatic carbocycles. The molecule has 2 atom stereocenters. The van der Waals surface area contributed by atoms with Crippen molar-refractivity contribution >= 4 is 9.84 Å². The Morgan fingerprint density at radius 3 is 2.05 bits per heavy atom. The average Bonchev–Trinajstić information content (AvgIpc) is 3.09. The summed E-state index contributed by atoms with van der Waals surface area (Å²) < 4.78 is 28.6. The van der Waals surface area contributed by atoms with Crippen LogP contribution in [-0.2, 0) is 9.84 Å². The summed E-state index contributed by atoms with van der Waals surface area (Å²) in [7, 11) is -1.77. The third-order valence-corrected chi connectivity index (χ3v) is 5.57. The number of methoxy groups -OCH3 is 1. The Morgan fingerprint density at radius 1 is 1.21 bits per heavy atom. The normalized spacial score (nSPS) is 25.1. The van der Waals surface area contributed by atoms with Crippen molar-refractivity contribution in [1.82, 2.24) is 0 Å². The van der Waals surface area contributed by atoms with Crippen molar-refractivity contribution in [3.8, 4) is 5.75 Å². The quantitative estimate of drug-likeness (QED) is 0.806. The standard InChI is InChI=1S/C13H18O5S/c1-18-10-5-3-9(4-6-10)11-12(19(2,16)17)13(11,7-14)8-15/h3-6,11-12,14-15H,7-8H2,1-2H3/t11-,12+/m1/s1. The molecule has 0 spiro atoms. The number of aliphatic hydroxyl groups excluding tert-OH is 2. The van der Waals surface area contributed by atoms with Gasteiger partial charge in [0.25, 0.3) is 0 Å². The fourth-order valence-corrected chi connectivity index (χ4v) is 4.86. The van der Waals surface area contributed by atoms with Crippen LogP contribution in [0, 0.1) is 5.41 Å². The summed E-state index contributed by atoms with van der Waals surface area (Å²) in [6, 6.07) is 7.03. The number of ether oxygens (including phenoxy) is 1. The van der Waals surface area contributed by atoms with Gasteiger partial charge in [0.1, 0.15) is 5.75 Å². The molecule has 2 rings (SSSR count). The van der Waals surface area contributed by atoms with E-state index in [1.54, 1.807) is 31.4 Å². The van der Waals surface area contributed by atoms with Gasteiger partial charge in [-0.3, -0.25) is 0 Å². The Morgan fingerprint density at radius 2 is 1.74 bits per heavy atom. The van der Waals surface area contributed by atoms with Crippen LogP contribution < -0.4 is 4.74 Å². The van der Waals surface area contributed by atoms with Gasteiger partial charge in [0, 0.05) is 17.6 Å². The first-order chi connectivity index (χ1) is 8.90. The van der Waals surface area contributed by atoms with E-state index in [1.165, 1.54) is 0 Å². The highest BCUT2D eigenvalue weighted by molar-refractivity contribution is 7.91. The summed E-state index contributed by atoms with van der Waals surface area (Å²) >= 11 is 0. The lowest BCUT2D eigenvalue weighted by atomic mass is 10.0. The third-order valence-electron chi connectivity index (χ3n) is 3.90. The Balaban J connectivity index is 2.37. The molecule has 0 amide bonds. The van der Waals surface area contributed by atoms with Crippen LogP contribution in [0.5, 0.6) is 5.75 Å². The molecule has 0 unspecified atom stereocenters. The van der Waals surface area contributed by atoms with Gasteiger partial charge in [0.15, 0.2) is 9.84 Å². The van der Waals surface area contributed by atoms with E-state index in [-0.39, 0.29) is 19.1 Å². The van der Waals surface area contributed by atoms with Crippen molar-refractivity contribution in [3.63, 3.8) is 0 Å². The van der Waals surface area contributed by atoms with Crippen LogP contribution in [0.2, 0.25) is 0 Å². The van der Waals surface area contributed by atoms with E-state index in [4.69, 9.17) is 4.74 Å². The Labute approximate surface area is 112 Å². The number of sulfone groups is 1. The highest BCUT2D eigenvalue weighted by Gasteiger charge is 2.69. The molecule has 5 nitrogen and oxygen atoms in total. The summed E-state index contributed by atoms with van der Waals surface area (Å²) in [6.45, 7) is -0.699. The fraction of sp³-hybridized carbons (Fsp3) is 0.538. The SMILES string of the molecule is COc1ccc([C@@H]2[C@H](S(C)(=O)=O)C2(CO)CO)cc1. The van der Waals surface area contributed by atoms with Crippen molar-refractivity contribution < 1.29 is 23.4 Å². The van der Waals surface area contributed by atoms with Gasteiger partial charge >= 0.3 is 0 Å². The second-order valence-corrected chi connectivity index (χ2v) is 7.22. The zero-order valence-corrected chi connectivity index (χ0v) is 11.7. The van der Waals surface area contributed by atoms with Crippen LogP contribution in [-0.4, -0.2) is 50.5 Å². The maximum atomic E-state index is 11.8. The maximum Gasteiger partial charge on any atom is 0.151 e. The molecule has 1 aliphatic rings. The lowest BCUT2D eigenvalue weighted by Gasteiger charge is -2.10. The van der Waals surface area contributed by atoms with Gasteiger partial charge < -0.3 is 14.9 Å². The highest BCUT2D eigenvalue weighted by atomic mass is 32.2. The summed E-state index contributed by atoms with van der Waals surface area (Å²) in [4.78, 5) is 0. The molecule has 19 heavy (non-hydrogen) atoms. The Hall–Kier alpha value is -1.11. The molecule has 0 heterocycles. The molecule has 0 radical (unpaired) electrons. The molecular weight excluding hydrogens is 268 g/mol. The van der Waals surface area contributed by atoms with Gasteiger partial charge in [-0.1, -0.05) is 12.1 Å². The van der Waals surface area contributed by atoms with E-state index in [2.05, 4.69) is 0 Å². The molecule has 1 saturated carbocycles. The van der Waals surface area contributed by atoms with Crippen molar-refractivity contribution in [3.05, 3.63) is 29.8 Å². The van der Waals surface area contributed by atoms with Gasteiger partial charge in [0.05, 0.1) is 25.6 Å². The first kappa shape index (κ1) is 14.3. The van der Waals surface area contributed by atoms with Crippen molar-refractivity contribution in [1.29, 1.82) is 0 Å². The van der Waals surface area contributed by atoms with E-state index < -0.39 is 20.5 Å². The predicted molar refractivity (Wildman–Crippen MR) is 71.0 cm³/mol. The second-order valence-electron chi connectivity index (χ2n) is 5.05. The van der Waals surface area contributed by atoms with Crippen LogP contribution in [0.25, 0.3) is 0 Å². The summed E-state index contributed by atoms with van der Waals surface area (Å²) in [6.07, 6.45) is 1.14. The Kier molecular flexibility index (Phi) is 3.59. The smallest absolute Gasteiger partial charge is 0.151 e. The van der Waals surface area contributed by atoms with Crippen LogP contribution >= 0.6 is 0 Å². The maximum absolute atomic E-state index is 11.8. The van der Waals surface area contributed by atoms with Gasteiger partial charge in [-0.25, -0.2) is 8.42 Å². The topological polar surface area (TPSA) is 83.8 Å². The number of aliphatic hydroxyl groups is 2. The predicted octanol–water partition coefficient (Wildman–Crippen LogP) is 0.177. The van der Waals surface area contributed by atoms with Gasteiger partial charge in [0.2, 0.25) is 0 Å². The molecule has 2 N–H and O–H groups in total. The Bertz CT molecular complexity index is 545. The lowest BCUT2D eigenvalue weighted by molar-refractivity contribution is 0.130. The number of rotatable bonds is 5. The first-order valence-corrected chi connectivity index (χ1v) is 7.90. The molecular formula is C13H18O5S. The largest absolute Gasteiger partial charge is 0.497 e. The van der Waals surface area contributed by atoms with E-state index >= 15 is 0 Å². The monoisotopic (exact) mass is 286 g/mol. The molecule has 0 bridgehead atoms. The zero-order valence-electron chi connectivity index (χ0n) is 10.9. The van der Waals surface area contributed by atoms with Crippen molar-refractivity contribution in [2.24, 2.45) is 5.41 Å². The minimum Gasteiger partial charge on any atom is -0.497 e. The van der Waals surface area contributed by atoms with Gasteiger partial charge in [-0.05, 0) is 17.7 Å². The summed E-state index contributed by atoms with van der Waals surface area (Å²) in [5, 5.41) is 18.2. The van der Waals surface area contributed by atoms with Crippen LogP contribution in [0.3, 0.4) is 0 Å². The lowest BCUT2D eigenvalue weighted by Crippen LogP contribution is -2.22. The molecule has 0 aliphatic heterocycles. The molecule has 6 heteroatoms. The average molecular weight is 286 g/mol. The minimum absolute atomic E-state index is 0.349. The third kappa shape index (κ3) is 2.24. The van der Waals surface area contributed by atoms with Crippen LogP contribution in [0.1, 0.15) is 11.5 Å². The van der Waals surface area contributed by atoms with E-state index in [0.717, 1.165) is 11.8 Å². The molecule has 1 aromatic rings. The molecule has 1 aliphatic carbocycles. The summed E-state index contributed by atoms with van der Waals surface area (Å²) in [5.74, 6) is 0.308. The van der Waals surface area contributed by atoms with Crippen molar-refractivity contribution in [2.75, 3.05) is 26.6 Å². The number of hydrogen-bond acceptors (Lipinski definition) is 5. The van der Waals surface area contributed by atoms with E-state index in [9.17, 15) is 18.6 Å². The van der Waals surface area contributed by atoms with E-state index in [1.807, 2.05) is 0 Å². The number of hydrogen-bond donors (Lipinski definition) is 2. The summed E-state index contributed by atoms with van der Waals surface area (Å²) in [5.41, 5.74) is -0.179. The van der Waals surface area contributed by atoms with Crippen LogP contribution in [0.15, 0.2) is 24.3 Å². The second kappa shape index (κ2) is 4.77. The molecule has 1 fully saturated rings. The van der Waals surface area contributed by atoms with Crippen molar-refractivity contribution in [2.45, 2.75) is 11.2 Å². The van der Waals surface area contributed by atoms with Crippen LogP contribution in [0.4, 0.5) is 0 Å². The van der Waals surface area contributed by atoms with E-state index in [0.29, 0.717) is 5.75 Å². The molecule has 0 saturated heterocycles. The first-order valence-electron chi connectivity index (χ1n) is 5.95. The highest BCUT2D eigenvalue weighted by Crippen LogP contribution is 2.62. The molecule has 0 aromatic heterocycles. The van der Waals surface area contributed by atoms with Gasteiger partial charge in [-0.2, -0.15) is 0 Å². The zero-order chi connectivity index (χ0) is 14.3. The number of benzene rings is 1. The minimum atomic E-state index is -3.33. The molecule has 106 valence electrons. The fourth-order valence-electron chi connectivity index (χ4n) is 2.87. The van der Waals surface area contributed by atoms with Gasteiger partial charge in [-0.15, -0.1) is 0 Å².